The Kier molecular flexibility index (Phi) is 15.4. The first kappa shape index (κ1) is 32.0. The summed E-state index contributed by atoms with van der Waals surface area (Å²) in [5.74, 6) is 0. The van der Waals surface area contributed by atoms with Crippen molar-refractivity contribution in [1.82, 2.24) is 0 Å². The molecule has 0 saturated carbocycles. The summed E-state index contributed by atoms with van der Waals surface area (Å²) >= 11 is 0. The first-order valence-electron chi connectivity index (χ1n) is 6.91. The van der Waals surface area contributed by atoms with Crippen LogP contribution in [0, 0.1) is 0 Å². The van der Waals surface area contributed by atoms with Gasteiger partial charge in [0.1, 0.15) is 0 Å². The van der Waals surface area contributed by atoms with Crippen LogP contribution in [0.4, 0.5) is 26.3 Å². The predicted molar refractivity (Wildman–Crippen MR) is 82.0 cm³/mol. The van der Waals surface area contributed by atoms with Crippen LogP contribution in [0.15, 0.2) is 36.5 Å². The van der Waals surface area contributed by atoms with E-state index in [2.05, 4.69) is 24.8 Å². The summed E-state index contributed by atoms with van der Waals surface area (Å²) < 4.78 is 118. The zero-order valence-corrected chi connectivity index (χ0v) is 17.1. The molecule has 0 radical (unpaired) electrons. The largest absolute Gasteiger partial charge is 2.00 e. The van der Waals surface area contributed by atoms with Crippen LogP contribution < -0.4 is 0 Å². The van der Waals surface area contributed by atoms with E-state index in [-0.39, 0.29) is 20.4 Å². The van der Waals surface area contributed by atoms with Crippen LogP contribution in [0.5, 0.6) is 0 Å². The number of rotatable bonds is 2. The molecule has 168 valence electrons. The number of alkyl halides is 6. The Labute approximate surface area is 172 Å². The molecule has 6 nitrogen and oxygen atoms in total. The maximum Gasteiger partial charge on any atom is 2.00 e. The molecule has 0 atom stereocenters. The second kappa shape index (κ2) is 13.5. The molecule has 0 fully saturated rings. The van der Waals surface area contributed by atoms with E-state index in [9.17, 15) is 26.3 Å². The van der Waals surface area contributed by atoms with Gasteiger partial charge in [-0.05, 0) is 32.1 Å². The van der Waals surface area contributed by atoms with E-state index in [0.29, 0.717) is 0 Å². The number of halogens is 6. The molecule has 0 unspecified atom stereocenters. The van der Waals surface area contributed by atoms with E-state index in [1.54, 1.807) is 5.57 Å². The van der Waals surface area contributed by atoms with Gasteiger partial charge in [0.25, 0.3) is 0 Å². The zero-order valence-electron chi connectivity index (χ0n) is 13.9. The molecule has 1 aliphatic rings. The fourth-order valence-electron chi connectivity index (χ4n) is 1.36. The van der Waals surface area contributed by atoms with Gasteiger partial charge < -0.3 is 9.11 Å². The molecule has 0 saturated heterocycles. The van der Waals surface area contributed by atoms with Crippen molar-refractivity contribution < 1.29 is 72.7 Å². The Morgan fingerprint density at radius 3 is 1.57 bits per heavy atom. The van der Waals surface area contributed by atoms with E-state index < -0.39 is 31.3 Å². The summed E-state index contributed by atoms with van der Waals surface area (Å²) in [7, 11) is -12.2. The van der Waals surface area contributed by atoms with Gasteiger partial charge in [-0.2, -0.15) is 26.3 Å². The Balaban J connectivity index is -0.000000337. The summed E-state index contributed by atoms with van der Waals surface area (Å²) in [4.78, 5) is 0. The smallest absolute Gasteiger partial charge is 0.741 e. The minimum atomic E-state index is -6.09. The van der Waals surface area contributed by atoms with Gasteiger partial charge in [-0.25, -0.2) is 16.8 Å². The second-order valence-corrected chi connectivity index (χ2v) is 7.48. The van der Waals surface area contributed by atoms with Gasteiger partial charge in [-0.15, -0.1) is 6.58 Å². The van der Waals surface area contributed by atoms with Crippen molar-refractivity contribution in [1.29, 1.82) is 0 Å². The van der Waals surface area contributed by atoms with Crippen molar-refractivity contribution in [2.75, 3.05) is 0 Å². The van der Waals surface area contributed by atoms with Crippen LogP contribution in [0.1, 0.15) is 32.1 Å². The van der Waals surface area contributed by atoms with Crippen molar-refractivity contribution >= 4 is 20.2 Å². The Morgan fingerprint density at radius 2 is 1.25 bits per heavy atom. The number of hydrogen-bond acceptors (Lipinski definition) is 6. The van der Waals surface area contributed by atoms with Gasteiger partial charge >= 0.3 is 31.4 Å². The van der Waals surface area contributed by atoms with Gasteiger partial charge in [-0.3, -0.25) is 0 Å². The molecule has 0 spiro atoms. The average Bonchev–Trinajstić information content (AvgIpc) is 2.38. The van der Waals surface area contributed by atoms with E-state index >= 15 is 0 Å². The number of hydrogen-bond donors (Lipinski definition) is 0. The summed E-state index contributed by atoms with van der Waals surface area (Å²) in [5.41, 5.74) is -9.73. The normalized spacial score (nSPS) is 18.2. The first-order chi connectivity index (χ1) is 11.9. The molecule has 0 N–H and O–H groups in total. The van der Waals surface area contributed by atoms with Gasteiger partial charge in [0.15, 0.2) is 20.2 Å². The topological polar surface area (TPSA) is 114 Å². The van der Waals surface area contributed by atoms with Gasteiger partial charge in [0.05, 0.1) is 0 Å². The van der Waals surface area contributed by atoms with E-state index in [1.165, 1.54) is 25.7 Å². The monoisotopic (exact) mass is 552 g/mol. The summed E-state index contributed by atoms with van der Waals surface area (Å²) in [6.45, 7) is 3.75. The minimum absolute atomic E-state index is 0. The molecular weight excluding hydrogens is 537 g/mol. The van der Waals surface area contributed by atoms with Crippen LogP contribution in [0.3, 0.4) is 0 Å². The van der Waals surface area contributed by atoms with Crippen molar-refractivity contribution in [3.05, 3.63) is 36.5 Å². The average molecular weight is 553 g/mol. The molecule has 15 heteroatoms. The minimum Gasteiger partial charge on any atom is -0.741 e. The molecule has 0 aromatic heterocycles. The second-order valence-electron chi connectivity index (χ2n) is 4.74. The molecule has 1 aliphatic carbocycles. The summed E-state index contributed by atoms with van der Waals surface area (Å²) in [6, 6.07) is 0. The maximum atomic E-state index is 10.7. The van der Waals surface area contributed by atoms with Gasteiger partial charge in [0, 0.05) is 0 Å². The van der Waals surface area contributed by atoms with Crippen molar-refractivity contribution in [2.45, 2.75) is 43.1 Å². The van der Waals surface area contributed by atoms with Crippen LogP contribution in [-0.4, -0.2) is 37.0 Å². The third kappa shape index (κ3) is 16.3. The van der Waals surface area contributed by atoms with Crippen LogP contribution in [0.25, 0.3) is 0 Å². The molecule has 0 aliphatic heterocycles. The standard InChI is InChI=1S/C11H16.2CHF3O3S.Pd/c1-2-8-11-9-6-4-3-5-7-10-11;2*2-1(3,4)8(5,6)7;/h2-4,10H,1,5-9H2;2*(H,5,6,7);/q;;;+2/p-2/b4-3-,11-10-;;;. The molecule has 1 rings (SSSR count). The van der Waals surface area contributed by atoms with Crippen molar-refractivity contribution in [2.24, 2.45) is 0 Å². The molecule has 0 bridgehead atoms. The van der Waals surface area contributed by atoms with Crippen LogP contribution >= 0.6 is 0 Å². The molecular formula is C13H16F6O6PdS2. The molecule has 0 amide bonds. The molecule has 0 aromatic carbocycles. The fourth-order valence-corrected chi connectivity index (χ4v) is 1.36. The molecule has 28 heavy (non-hydrogen) atoms. The van der Waals surface area contributed by atoms with Crippen LogP contribution in [-0.2, 0) is 40.7 Å². The zero-order chi connectivity index (χ0) is 21.9. The SMILES string of the molecule is C=CC/C1=C/CC/C=C\CC1.O=S(=O)([O-])C(F)(F)F.O=S(=O)([O-])C(F)(F)F.[Pd+2]. The summed E-state index contributed by atoms with van der Waals surface area (Å²) in [5, 5.41) is 0. The van der Waals surface area contributed by atoms with Crippen molar-refractivity contribution in [3.63, 3.8) is 0 Å². The van der Waals surface area contributed by atoms with E-state index in [1.807, 2.05) is 6.08 Å². The molecule has 0 aromatic rings. The summed E-state index contributed by atoms with van der Waals surface area (Å²) in [6.07, 6.45) is 14.9. The maximum absolute atomic E-state index is 10.7. The van der Waals surface area contributed by atoms with Crippen molar-refractivity contribution in [3.8, 4) is 0 Å². The van der Waals surface area contributed by atoms with E-state index in [4.69, 9.17) is 25.9 Å². The Bertz CT molecular complexity index is 682. The Morgan fingerprint density at radius 1 is 0.893 bits per heavy atom. The Hall–Kier alpha value is -0.718. The van der Waals surface area contributed by atoms with E-state index in [0.717, 1.165) is 6.42 Å². The number of allylic oxidation sites excluding steroid dienone is 5. The first-order valence-corrected chi connectivity index (χ1v) is 9.73. The third-order valence-electron chi connectivity index (χ3n) is 2.54. The third-order valence-corrected chi connectivity index (χ3v) is 3.67. The van der Waals surface area contributed by atoms with Gasteiger partial charge in [-0.1, -0.05) is 29.9 Å². The van der Waals surface area contributed by atoms with Gasteiger partial charge in [0.2, 0.25) is 0 Å². The predicted octanol–water partition coefficient (Wildman–Crippen LogP) is 3.72. The molecule has 0 heterocycles. The quantitative estimate of drug-likeness (QED) is 0.170. The van der Waals surface area contributed by atoms with Crippen LogP contribution in [0.2, 0.25) is 0 Å². The fraction of sp³-hybridized carbons (Fsp3) is 0.538.